The smallest absolute Gasteiger partial charge is 0.327 e. The summed E-state index contributed by atoms with van der Waals surface area (Å²) in [5, 5.41) is 31.7. The van der Waals surface area contributed by atoms with Crippen LogP contribution in [0, 0.1) is 20.2 Å². The molecule has 0 saturated carbocycles. The van der Waals surface area contributed by atoms with Crippen LogP contribution < -0.4 is 4.90 Å². The molecule has 0 unspecified atom stereocenters. The minimum absolute atomic E-state index is 0.0166. The quantitative estimate of drug-likeness (QED) is 0.674. The lowest BCUT2D eigenvalue weighted by atomic mass is 10.1. The number of hydrogen-bond acceptors (Lipinski definition) is 6. The molecule has 1 heterocycles. The van der Waals surface area contributed by atoms with Gasteiger partial charge in [-0.3, -0.25) is 20.2 Å². The number of fused-ring (bicyclic) bond motifs is 1. The van der Waals surface area contributed by atoms with Crippen molar-refractivity contribution in [1.82, 2.24) is 0 Å². The highest BCUT2D eigenvalue weighted by Crippen LogP contribution is 2.43. The number of rotatable bonds is 4. The number of para-hydroxylation sites is 1. The van der Waals surface area contributed by atoms with Crippen LogP contribution in [0.15, 0.2) is 42.5 Å². The predicted molar refractivity (Wildman–Crippen MR) is 83.5 cm³/mol. The normalized spacial score (nSPS) is 15.8. The molecule has 122 valence electrons. The molecule has 0 fully saturated rings. The van der Waals surface area contributed by atoms with Crippen LogP contribution in [0.1, 0.15) is 5.56 Å². The Labute approximate surface area is 135 Å². The van der Waals surface area contributed by atoms with Gasteiger partial charge in [0.25, 0.3) is 11.4 Å². The zero-order valence-electron chi connectivity index (χ0n) is 12.2. The van der Waals surface area contributed by atoms with Crippen molar-refractivity contribution in [3.8, 4) is 0 Å². The minimum atomic E-state index is -1.13. The molecular formula is C15H11N3O6. The monoisotopic (exact) mass is 329 g/mol. The lowest BCUT2D eigenvalue weighted by molar-refractivity contribution is -0.393. The van der Waals surface area contributed by atoms with Gasteiger partial charge in [0, 0.05) is 18.2 Å². The fourth-order valence-corrected chi connectivity index (χ4v) is 2.86. The lowest BCUT2D eigenvalue weighted by Gasteiger charge is -2.24. The maximum atomic E-state index is 11.6. The Morgan fingerprint density at radius 1 is 1.08 bits per heavy atom. The fourth-order valence-electron chi connectivity index (χ4n) is 2.86. The Bertz CT molecular complexity index is 866. The van der Waals surface area contributed by atoms with Crippen LogP contribution in [0.5, 0.6) is 0 Å². The van der Waals surface area contributed by atoms with E-state index in [0.29, 0.717) is 5.69 Å². The van der Waals surface area contributed by atoms with Gasteiger partial charge in [-0.1, -0.05) is 18.2 Å². The molecule has 24 heavy (non-hydrogen) atoms. The molecular weight excluding hydrogens is 318 g/mol. The van der Waals surface area contributed by atoms with Crippen molar-refractivity contribution in [1.29, 1.82) is 0 Å². The van der Waals surface area contributed by atoms with Gasteiger partial charge in [-0.15, -0.1) is 0 Å². The summed E-state index contributed by atoms with van der Waals surface area (Å²) in [6, 6.07) is 9.05. The molecule has 1 aliphatic heterocycles. The van der Waals surface area contributed by atoms with Crippen molar-refractivity contribution >= 4 is 28.7 Å². The number of aliphatic carboxylic acids is 1. The molecule has 0 bridgehead atoms. The van der Waals surface area contributed by atoms with Gasteiger partial charge in [0.2, 0.25) is 0 Å². The third kappa shape index (κ3) is 2.41. The molecule has 0 radical (unpaired) electrons. The molecule has 3 rings (SSSR count). The van der Waals surface area contributed by atoms with Gasteiger partial charge in [-0.25, -0.2) is 4.79 Å². The van der Waals surface area contributed by atoms with E-state index < -0.39 is 33.2 Å². The number of non-ortho nitro benzene ring substituents is 1. The third-order valence-electron chi connectivity index (χ3n) is 3.89. The number of nitro benzene ring substituents is 2. The van der Waals surface area contributed by atoms with Gasteiger partial charge in [0.15, 0.2) is 0 Å². The molecule has 1 atom stereocenters. The number of nitrogens with zero attached hydrogens (tertiary/aromatic N) is 3. The minimum Gasteiger partial charge on any atom is -0.480 e. The van der Waals surface area contributed by atoms with Crippen LogP contribution in [0.25, 0.3) is 0 Å². The second kappa shape index (κ2) is 5.61. The SMILES string of the molecule is O=C(O)[C@H]1Cc2ccccc2N1c1ccc([N+](=O)[O-])cc1[N+](=O)[O-]. The average Bonchev–Trinajstić information content (AvgIpc) is 2.93. The van der Waals surface area contributed by atoms with Gasteiger partial charge in [0.05, 0.1) is 15.9 Å². The first-order valence-electron chi connectivity index (χ1n) is 6.93. The molecule has 2 aromatic rings. The molecule has 0 amide bonds. The highest BCUT2D eigenvalue weighted by Gasteiger charge is 2.38. The summed E-state index contributed by atoms with van der Waals surface area (Å²) in [4.78, 5) is 33.7. The van der Waals surface area contributed by atoms with E-state index in [-0.39, 0.29) is 12.1 Å². The Balaban J connectivity index is 2.20. The van der Waals surface area contributed by atoms with Crippen LogP contribution in [0.3, 0.4) is 0 Å². The van der Waals surface area contributed by atoms with E-state index in [1.165, 1.54) is 11.0 Å². The summed E-state index contributed by atoms with van der Waals surface area (Å²) in [6.07, 6.45) is 0.194. The summed E-state index contributed by atoms with van der Waals surface area (Å²) in [5.74, 6) is -1.13. The molecule has 1 N–H and O–H groups in total. The van der Waals surface area contributed by atoms with E-state index in [4.69, 9.17) is 0 Å². The Kier molecular flexibility index (Phi) is 3.60. The highest BCUT2D eigenvalue weighted by molar-refractivity contribution is 5.89. The average molecular weight is 329 g/mol. The lowest BCUT2D eigenvalue weighted by Crippen LogP contribution is -2.35. The van der Waals surface area contributed by atoms with E-state index in [9.17, 15) is 30.1 Å². The fraction of sp³-hybridized carbons (Fsp3) is 0.133. The second-order valence-corrected chi connectivity index (χ2v) is 5.24. The highest BCUT2D eigenvalue weighted by atomic mass is 16.6. The van der Waals surface area contributed by atoms with E-state index in [2.05, 4.69) is 0 Å². The Morgan fingerprint density at radius 2 is 1.79 bits per heavy atom. The second-order valence-electron chi connectivity index (χ2n) is 5.24. The number of nitro groups is 2. The standard InChI is InChI=1S/C15H11N3O6/c19-15(20)14-7-9-3-1-2-4-11(9)16(14)12-6-5-10(17(21)22)8-13(12)18(23)24/h1-6,8,14H,7H2,(H,19,20)/t14-/m1/s1. The summed E-state index contributed by atoms with van der Waals surface area (Å²) in [5.41, 5.74) is 0.374. The van der Waals surface area contributed by atoms with Crippen LogP contribution in [-0.2, 0) is 11.2 Å². The van der Waals surface area contributed by atoms with Crippen LogP contribution >= 0.6 is 0 Å². The summed E-state index contributed by atoms with van der Waals surface area (Å²) < 4.78 is 0. The van der Waals surface area contributed by atoms with Gasteiger partial charge in [-0.2, -0.15) is 0 Å². The zero-order chi connectivity index (χ0) is 17.4. The maximum absolute atomic E-state index is 11.6. The van der Waals surface area contributed by atoms with E-state index in [1.807, 2.05) is 0 Å². The van der Waals surface area contributed by atoms with Crippen molar-refractivity contribution in [2.45, 2.75) is 12.5 Å². The van der Waals surface area contributed by atoms with Crippen molar-refractivity contribution in [3.05, 3.63) is 68.3 Å². The zero-order valence-corrected chi connectivity index (χ0v) is 12.2. The van der Waals surface area contributed by atoms with Crippen molar-refractivity contribution < 1.29 is 19.7 Å². The Morgan fingerprint density at radius 3 is 2.42 bits per heavy atom. The molecule has 9 heteroatoms. The molecule has 1 aliphatic rings. The van der Waals surface area contributed by atoms with Gasteiger partial charge < -0.3 is 10.0 Å². The topological polar surface area (TPSA) is 127 Å². The first-order valence-corrected chi connectivity index (χ1v) is 6.93. The molecule has 9 nitrogen and oxygen atoms in total. The largest absolute Gasteiger partial charge is 0.480 e. The first-order chi connectivity index (χ1) is 11.4. The van der Waals surface area contributed by atoms with Gasteiger partial charge in [-0.05, 0) is 17.7 Å². The van der Waals surface area contributed by atoms with Crippen LogP contribution in [-0.4, -0.2) is 27.0 Å². The number of anilines is 2. The number of carboxylic acids is 1. The number of benzene rings is 2. The third-order valence-corrected chi connectivity index (χ3v) is 3.89. The van der Waals surface area contributed by atoms with E-state index >= 15 is 0 Å². The molecule has 0 aliphatic carbocycles. The molecule has 0 saturated heterocycles. The van der Waals surface area contributed by atoms with Crippen molar-refractivity contribution in [2.75, 3.05) is 4.90 Å². The molecule has 0 aromatic heterocycles. The number of hydrogen-bond donors (Lipinski definition) is 1. The van der Waals surface area contributed by atoms with E-state index in [0.717, 1.165) is 17.7 Å². The van der Waals surface area contributed by atoms with Crippen molar-refractivity contribution in [3.63, 3.8) is 0 Å². The summed E-state index contributed by atoms with van der Waals surface area (Å²) in [7, 11) is 0. The van der Waals surface area contributed by atoms with Crippen LogP contribution in [0.2, 0.25) is 0 Å². The predicted octanol–water partition coefficient (Wildman–Crippen LogP) is 2.65. The summed E-state index contributed by atoms with van der Waals surface area (Å²) in [6.45, 7) is 0. The van der Waals surface area contributed by atoms with E-state index in [1.54, 1.807) is 24.3 Å². The van der Waals surface area contributed by atoms with Crippen molar-refractivity contribution in [2.24, 2.45) is 0 Å². The van der Waals surface area contributed by atoms with Crippen LogP contribution in [0.4, 0.5) is 22.7 Å². The molecule has 2 aromatic carbocycles. The van der Waals surface area contributed by atoms with Gasteiger partial charge >= 0.3 is 5.97 Å². The summed E-state index contributed by atoms with van der Waals surface area (Å²) >= 11 is 0. The first kappa shape index (κ1) is 15.4. The maximum Gasteiger partial charge on any atom is 0.327 e. The number of carboxylic acid groups (broad SMARTS) is 1. The molecule has 0 spiro atoms. The Hall–Kier alpha value is -3.49. The van der Waals surface area contributed by atoms with Gasteiger partial charge in [0.1, 0.15) is 11.7 Å². The number of carbonyl (C=O) groups is 1.